The van der Waals surface area contributed by atoms with Gasteiger partial charge in [-0.2, -0.15) is 4.98 Å². The zero-order valence-corrected chi connectivity index (χ0v) is 44.3. The molecule has 3 amide bonds. The highest BCUT2D eigenvalue weighted by Crippen LogP contribution is 2.34. The van der Waals surface area contributed by atoms with Crippen LogP contribution in [0.25, 0.3) is 10.4 Å². The van der Waals surface area contributed by atoms with Crippen molar-refractivity contribution < 1.29 is 32.3 Å². The van der Waals surface area contributed by atoms with Gasteiger partial charge in [-0.15, -0.1) is 11.3 Å². The maximum Gasteiger partial charge on any atom is 0.246 e. The number of para-hydroxylation sites is 2. The SMILES string of the molecule is Cc1ncsc1-c1ccc(CNC(=O)[C@H]2C[C@@H](O)CN2C(=O)C(NC(=O)CN2CCN(C3CCN(c4ccc(Nc5ncc(Cl)c(Nc6ccccc6N(C)S(C)(=O)=O)n5)cc4F)CC3)CC2)C(C)(C)C)cc1. The Bertz CT molecular complexity index is 2890. The maximum absolute atomic E-state index is 15.7. The number of hydrogen-bond donors (Lipinski definition) is 5. The third kappa shape index (κ3) is 13.0. The van der Waals surface area contributed by atoms with E-state index < -0.39 is 45.4 Å². The molecule has 5 heterocycles. The number of benzene rings is 3. The van der Waals surface area contributed by atoms with Crippen molar-refractivity contribution in [2.75, 3.05) is 85.5 Å². The molecule has 3 atom stereocenters. The van der Waals surface area contributed by atoms with Gasteiger partial charge in [0.1, 0.15) is 22.9 Å². The minimum Gasteiger partial charge on any atom is -0.391 e. The van der Waals surface area contributed by atoms with Crippen molar-refractivity contribution in [2.45, 2.75) is 77.7 Å². The summed E-state index contributed by atoms with van der Waals surface area (Å²) < 4.78 is 41.4. The molecular weight excluding hydrogens is 995 g/mol. The summed E-state index contributed by atoms with van der Waals surface area (Å²) in [7, 11) is -2.09. The van der Waals surface area contributed by atoms with Crippen molar-refractivity contribution in [3.05, 3.63) is 101 Å². The van der Waals surface area contributed by atoms with Gasteiger partial charge in [0.2, 0.25) is 33.7 Å². The average Bonchev–Trinajstić information content (AvgIpc) is 3.98. The number of rotatable bonds is 16. The summed E-state index contributed by atoms with van der Waals surface area (Å²) in [6.07, 6.45) is 3.44. The van der Waals surface area contributed by atoms with Gasteiger partial charge >= 0.3 is 0 Å². The Morgan fingerprint density at radius 2 is 1.68 bits per heavy atom. The van der Waals surface area contributed by atoms with E-state index in [2.05, 4.69) is 50.9 Å². The Morgan fingerprint density at radius 3 is 2.34 bits per heavy atom. The van der Waals surface area contributed by atoms with Crippen molar-refractivity contribution in [3.63, 3.8) is 0 Å². The number of halogens is 2. The van der Waals surface area contributed by atoms with Gasteiger partial charge in [0, 0.05) is 77.6 Å². The number of aryl methyl sites for hydroxylation is 1. The normalized spacial score (nSPS) is 18.6. The van der Waals surface area contributed by atoms with Crippen LogP contribution >= 0.6 is 22.9 Å². The number of carbonyl (C=O) groups excluding carboxylic acids is 3. The molecule has 0 bridgehead atoms. The van der Waals surface area contributed by atoms with Crippen molar-refractivity contribution in [1.82, 2.24) is 40.3 Å². The highest BCUT2D eigenvalue weighted by molar-refractivity contribution is 7.92. The molecule has 73 heavy (non-hydrogen) atoms. The van der Waals surface area contributed by atoms with Gasteiger partial charge in [0.25, 0.3) is 0 Å². The van der Waals surface area contributed by atoms with E-state index in [-0.39, 0.29) is 54.7 Å². The Morgan fingerprint density at radius 1 is 0.973 bits per heavy atom. The van der Waals surface area contributed by atoms with Crippen LogP contribution < -0.4 is 30.5 Å². The minimum atomic E-state index is -3.54. The van der Waals surface area contributed by atoms with E-state index in [1.807, 2.05) is 57.5 Å². The Hall–Kier alpha value is -5.97. The molecule has 5 N–H and O–H groups in total. The second kappa shape index (κ2) is 22.7. The molecule has 3 aliphatic heterocycles. The van der Waals surface area contributed by atoms with E-state index in [4.69, 9.17) is 11.6 Å². The molecule has 390 valence electrons. The Labute approximate surface area is 435 Å². The summed E-state index contributed by atoms with van der Waals surface area (Å²) in [5, 5.41) is 23.0. The van der Waals surface area contributed by atoms with Crippen molar-refractivity contribution in [3.8, 4) is 10.4 Å². The van der Waals surface area contributed by atoms with Crippen LogP contribution in [0.15, 0.2) is 78.4 Å². The van der Waals surface area contributed by atoms with Crippen molar-refractivity contribution in [2.24, 2.45) is 5.41 Å². The number of aliphatic hydroxyl groups excluding tert-OH is 1. The fraction of sp³-hybridized carbons (Fsp3) is 0.451. The molecule has 5 aromatic rings. The number of sulfonamides is 1. The average molecular weight is 1060 g/mol. The molecule has 8 rings (SSSR count). The summed E-state index contributed by atoms with van der Waals surface area (Å²) in [4.78, 5) is 63.6. The lowest BCUT2D eigenvalue weighted by Gasteiger charge is -2.43. The molecule has 18 nitrogen and oxygen atoms in total. The van der Waals surface area contributed by atoms with Crippen LogP contribution in [0.2, 0.25) is 5.02 Å². The van der Waals surface area contributed by atoms with Gasteiger partial charge in [-0.25, -0.2) is 22.8 Å². The van der Waals surface area contributed by atoms with Gasteiger partial charge in [-0.1, -0.05) is 68.8 Å². The first-order chi connectivity index (χ1) is 34.7. The number of β-amino-alcohol motifs (C(OH)–C–C–N with tert-alkyl or cyclic N) is 1. The molecule has 0 aliphatic carbocycles. The van der Waals surface area contributed by atoms with Gasteiger partial charge in [-0.05, 0) is 66.6 Å². The number of amides is 3. The van der Waals surface area contributed by atoms with E-state index in [9.17, 15) is 27.9 Å². The molecule has 2 aromatic heterocycles. The first kappa shape index (κ1) is 53.3. The first-order valence-corrected chi connectivity index (χ1v) is 27.5. The summed E-state index contributed by atoms with van der Waals surface area (Å²) in [5.74, 6) is -1.04. The van der Waals surface area contributed by atoms with Gasteiger partial charge in [-0.3, -0.25) is 28.5 Å². The van der Waals surface area contributed by atoms with E-state index in [0.717, 1.165) is 58.2 Å². The zero-order valence-electron chi connectivity index (χ0n) is 41.9. The van der Waals surface area contributed by atoms with Crippen LogP contribution in [-0.4, -0.2) is 151 Å². The molecule has 0 spiro atoms. The van der Waals surface area contributed by atoms with Crippen LogP contribution in [0.5, 0.6) is 0 Å². The molecule has 0 radical (unpaired) electrons. The van der Waals surface area contributed by atoms with Crippen LogP contribution in [0, 0.1) is 18.2 Å². The molecule has 3 aliphatic rings. The smallest absolute Gasteiger partial charge is 0.246 e. The topological polar surface area (TPSA) is 209 Å². The summed E-state index contributed by atoms with van der Waals surface area (Å²) in [5.41, 5.74) is 5.84. The highest BCUT2D eigenvalue weighted by Gasteiger charge is 2.44. The maximum atomic E-state index is 15.7. The van der Waals surface area contributed by atoms with Crippen LogP contribution in [0.1, 0.15) is 51.3 Å². The van der Waals surface area contributed by atoms with Crippen molar-refractivity contribution in [1.29, 1.82) is 0 Å². The fourth-order valence-corrected chi connectivity index (χ4v) is 11.1. The molecule has 3 fully saturated rings. The molecular formula is C51H64ClFN12O6S2. The summed E-state index contributed by atoms with van der Waals surface area (Å²) >= 11 is 8.00. The van der Waals surface area contributed by atoms with Crippen LogP contribution in [0.4, 0.5) is 38.9 Å². The number of likely N-dealkylation sites (tertiary alicyclic amines) is 1. The number of piperazine rings is 1. The molecule has 3 saturated heterocycles. The molecule has 0 saturated carbocycles. The van der Waals surface area contributed by atoms with E-state index in [1.54, 1.807) is 47.7 Å². The standard InChI is InChI=1S/C51H64ClFN12O6S2/c1-32-45(72-31-56-32)34-13-11-33(12-14-34)27-54-48(68)43-26-37(66)29-65(43)49(69)46(51(2,3)4)59-44(67)30-62-21-23-63(24-22-62)36-17-19-64(20-18-36)41-16-15-35(25-39(41)53)57-50-55-28-38(52)47(60-50)58-40-9-7-8-10-42(40)61(5)73(6,70)71/h7-16,25,28,31,36-37,43,46,66H,17-24,26-27,29-30H2,1-6H3,(H,54,68)(H,59,67)(H2,55,57,58,60)/t37-,43-,46?/m1/s1. The van der Waals surface area contributed by atoms with E-state index in [0.29, 0.717) is 55.0 Å². The number of thiazole rings is 1. The first-order valence-electron chi connectivity index (χ1n) is 24.4. The third-order valence-electron chi connectivity index (χ3n) is 13.7. The second-order valence-corrected chi connectivity index (χ2v) is 23.3. The van der Waals surface area contributed by atoms with Crippen LogP contribution in [-0.2, 0) is 31.0 Å². The second-order valence-electron chi connectivity index (χ2n) is 20.0. The predicted molar refractivity (Wildman–Crippen MR) is 285 cm³/mol. The third-order valence-corrected chi connectivity index (χ3v) is 16.2. The molecule has 3 aromatic carbocycles. The van der Waals surface area contributed by atoms with E-state index in [1.165, 1.54) is 24.2 Å². The quantitative estimate of drug-likeness (QED) is 0.0771. The monoisotopic (exact) mass is 1060 g/mol. The number of piperidine rings is 1. The minimum absolute atomic E-state index is 0.00194. The highest BCUT2D eigenvalue weighted by atomic mass is 35.5. The van der Waals surface area contributed by atoms with Gasteiger partial charge in [0.15, 0.2) is 5.82 Å². The lowest BCUT2D eigenvalue weighted by atomic mass is 9.85. The summed E-state index contributed by atoms with van der Waals surface area (Å²) in [6.45, 7) is 12.2. The number of anilines is 6. The lowest BCUT2D eigenvalue weighted by Crippen LogP contribution is -2.59. The fourth-order valence-electron chi connectivity index (χ4n) is 9.59. The largest absolute Gasteiger partial charge is 0.391 e. The molecule has 1 unspecified atom stereocenters. The predicted octanol–water partition coefficient (Wildman–Crippen LogP) is 5.98. The Kier molecular flexibility index (Phi) is 16.5. The van der Waals surface area contributed by atoms with Crippen LogP contribution in [0.3, 0.4) is 0 Å². The number of aromatic nitrogens is 3. The number of aliphatic hydroxyl groups is 1. The molecule has 22 heteroatoms. The Balaban J connectivity index is 0.790. The van der Waals surface area contributed by atoms with Gasteiger partial charge < -0.3 is 36.2 Å². The summed E-state index contributed by atoms with van der Waals surface area (Å²) in [6, 6.07) is 18.2. The number of carbonyl (C=O) groups is 3. The lowest BCUT2D eigenvalue weighted by molar-refractivity contribution is -0.144. The van der Waals surface area contributed by atoms with E-state index >= 15 is 4.39 Å². The number of nitrogens with zero attached hydrogens (tertiary/aromatic N) is 8. The van der Waals surface area contributed by atoms with Crippen molar-refractivity contribution >= 4 is 85.2 Å². The number of hydrogen-bond acceptors (Lipinski definition) is 15. The number of nitrogens with one attached hydrogen (secondary N) is 4. The zero-order chi connectivity index (χ0) is 52.2. The van der Waals surface area contributed by atoms with Gasteiger partial charge in [0.05, 0.1) is 58.2 Å².